The van der Waals surface area contributed by atoms with Crippen LogP contribution in [0.15, 0.2) is 36.4 Å². The van der Waals surface area contributed by atoms with E-state index in [9.17, 15) is 25.0 Å². The molecular weight excluding hydrogens is 363 g/mol. The number of aromatic carboxylic acids is 1. The molecule has 1 N–H and O–H groups in total. The van der Waals surface area contributed by atoms with Crippen molar-refractivity contribution in [1.29, 1.82) is 0 Å². The maximum absolute atomic E-state index is 10.5. The summed E-state index contributed by atoms with van der Waals surface area (Å²) in [6, 6.07) is 7.99. The SMILES string of the molecule is Cc1ccc(Cl)cc1[N+](=O)[O-].O=C(O)c1ccc(Cl)cc1[N+](=O)[O-]. The van der Waals surface area contributed by atoms with Gasteiger partial charge in [0.05, 0.1) is 9.85 Å². The summed E-state index contributed by atoms with van der Waals surface area (Å²) in [5, 5.41) is 29.8. The Hall–Kier alpha value is -2.71. The first-order valence-electron chi connectivity index (χ1n) is 6.21. The highest BCUT2D eigenvalue weighted by Gasteiger charge is 2.19. The van der Waals surface area contributed by atoms with Gasteiger partial charge in [0.1, 0.15) is 5.56 Å². The zero-order chi connectivity index (χ0) is 18.4. The quantitative estimate of drug-likeness (QED) is 0.624. The van der Waals surface area contributed by atoms with Crippen molar-refractivity contribution in [3.8, 4) is 0 Å². The number of hydrogen-bond acceptors (Lipinski definition) is 5. The van der Waals surface area contributed by atoms with Crippen LogP contribution in [0.1, 0.15) is 15.9 Å². The summed E-state index contributed by atoms with van der Waals surface area (Å²) in [6.07, 6.45) is 0. The fraction of sp³-hybridized carbons (Fsp3) is 0.0714. The van der Waals surface area contributed by atoms with Crippen molar-refractivity contribution in [2.24, 2.45) is 0 Å². The summed E-state index contributed by atoms with van der Waals surface area (Å²) in [7, 11) is 0. The Bertz CT molecular complexity index is 810. The number of halogens is 2. The Balaban J connectivity index is 0.000000243. The Morgan fingerprint density at radius 3 is 1.83 bits per heavy atom. The molecule has 0 fully saturated rings. The molecule has 0 aliphatic rings. The van der Waals surface area contributed by atoms with Gasteiger partial charge in [0, 0.05) is 27.7 Å². The molecule has 24 heavy (non-hydrogen) atoms. The predicted octanol–water partition coefficient (Wildman–Crippen LogP) is 4.50. The molecular formula is C14H10Cl2N2O6. The summed E-state index contributed by atoms with van der Waals surface area (Å²) in [6.45, 7) is 1.68. The molecule has 8 nitrogen and oxygen atoms in total. The van der Waals surface area contributed by atoms with Crippen molar-refractivity contribution in [2.45, 2.75) is 6.92 Å². The maximum Gasteiger partial charge on any atom is 0.342 e. The summed E-state index contributed by atoms with van der Waals surface area (Å²) >= 11 is 11.0. The van der Waals surface area contributed by atoms with Gasteiger partial charge in [-0.15, -0.1) is 0 Å². The highest BCUT2D eigenvalue weighted by atomic mass is 35.5. The zero-order valence-corrected chi connectivity index (χ0v) is 13.6. The average molecular weight is 373 g/mol. The third-order valence-electron chi connectivity index (χ3n) is 2.75. The zero-order valence-electron chi connectivity index (χ0n) is 12.1. The van der Waals surface area contributed by atoms with E-state index in [-0.39, 0.29) is 16.3 Å². The number of hydrogen-bond donors (Lipinski definition) is 1. The molecule has 0 saturated carbocycles. The van der Waals surface area contributed by atoms with Crippen molar-refractivity contribution in [3.63, 3.8) is 0 Å². The highest BCUT2D eigenvalue weighted by Crippen LogP contribution is 2.23. The number of benzene rings is 2. The van der Waals surface area contributed by atoms with Crippen LogP contribution in [0.3, 0.4) is 0 Å². The minimum atomic E-state index is -1.34. The van der Waals surface area contributed by atoms with Gasteiger partial charge in [-0.05, 0) is 25.1 Å². The van der Waals surface area contributed by atoms with E-state index in [1.165, 1.54) is 12.1 Å². The second kappa shape index (κ2) is 8.23. The minimum absolute atomic E-state index is 0.0671. The molecule has 126 valence electrons. The normalized spacial score (nSPS) is 9.62. The van der Waals surface area contributed by atoms with Crippen LogP contribution in [-0.2, 0) is 0 Å². The number of carboxylic acids is 1. The Morgan fingerprint density at radius 1 is 0.958 bits per heavy atom. The first kappa shape index (κ1) is 19.3. The van der Waals surface area contributed by atoms with Gasteiger partial charge in [-0.2, -0.15) is 0 Å². The van der Waals surface area contributed by atoms with E-state index in [0.717, 1.165) is 12.1 Å². The first-order chi connectivity index (χ1) is 11.1. The maximum atomic E-state index is 10.5. The lowest BCUT2D eigenvalue weighted by Gasteiger charge is -1.97. The van der Waals surface area contributed by atoms with E-state index in [1.807, 2.05) is 0 Å². The molecule has 0 radical (unpaired) electrons. The van der Waals surface area contributed by atoms with Crippen molar-refractivity contribution in [2.75, 3.05) is 0 Å². The first-order valence-corrected chi connectivity index (χ1v) is 6.97. The fourth-order valence-corrected chi connectivity index (χ4v) is 1.95. The molecule has 0 heterocycles. The standard InChI is InChI=1S/C7H4ClNO4.C7H6ClNO2/c8-4-1-2-5(7(10)11)6(3-4)9(12)13;1-5-2-3-6(8)4-7(5)9(10)11/h1-3H,(H,10,11);2-4H,1H3. The highest BCUT2D eigenvalue weighted by molar-refractivity contribution is 6.31. The summed E-state index contributed by atoms with van der Waals surface area (Å²) in [5.41, 5.74) is -0.175. The topological polar surface area (TPSA) is 124 Å². The van der Waals surface area contributed by atoms with Crippen molar-refractivity contribution < 1.29 is 19.7 Å². The second-order valence-corrected chi connectivity index (χ2v) is 5.28. The van der Waals surface area contributed by atoms with Crippen LogP contribution >= 0.6 is 23.2 Å². The number of carbonyl (C=O) groups is 1. The molecule has 2 aromatic carbocycles. The number of nitro benzene ring substituents is 2. The third kappa shape index (κ3) is 5.18. The number of nitro groups is 2. The Morgan fingerprint density at radius 2 is 1.42 bits per heavy atom. The van der Waals surface area contributed by atoms with E-state index in [0.29, 0.717) is 10.6 Å². The molecule has 10 heteroatoms. The van der Waals surface area contributed by atoms with Crippen LogP contribution in [0.25, 0.3) is 0 Å². The van der Waals surface area contributed by atoms with E-state index in [2.05, 4.69) is 0 Å². The molecule has 2 rings (SSSR count). The van der Waals surface area contributed by atoms with Gasteiger partial charge in [-0.1, -0.05) is 29.3 Å². The predicted molar refractivity (Wildman–Crippen MR) is 87.9 cm³/mol. The largest absolute Gasteiger partial charge is 0.477 e. The van der Waals surface area contributed by atoms with Gasteiger partial charge in [0.15, 0.2) is 0 Å². The van der Waals surface area contributed by atoms with Crippen molar-refractivity contribution in [3.05, 3.63) is 77.8 Å². The number of nitrogens with zero attached hydrogens (tertiary/aromatic N) is 2. The lowest BCUT2D eigenvalue weighted by atomic mass is 10.2. The Kier molecular flexibility index (Phi) is 6.63. The average Bonchev–Trinajstić information content (AvgIpc) is 2.49. The monoisotopic (exact) mass is 372 g/mol. The van der Waals surface area contributed by atoms with Crippen molar-refractivity contribution in [1.82, 2.24) is 0 Å². The van der Waals surface area contributed by atoms with E-state index >= 15 is 0 Å². The molecule has 0 aliphatic carbocycles. The summed E-state index contributed by atoms with van der Waals surface area (Å²) in [4.78, 5) is 29.9. The lowest BCUT2D eigenvalue weighted by molar-refractivity contribution is -0.385. The molecule has 0 aliphatic heterocycles. The van der Waals surface area contributed by atoms with E-state index in [1.54, 1.807) is 19.1 Å². The molecule has 0 aromatic heterocycles. The summed E-state index contributed by atoms with van der Waals surface area (Å²) < 4.78 is 0. The van der Waals surface area contributed by atoms with Gasteiger partial charge in [-0.25, -0.2) is 4.79 Å². The van der Waals surface area contributed by atoms with Crippen LogP contribution in [-0.4, -0.2) is 20.9 Å². The van der Waals surface area contributed by atoms with Crippen LogP contribution in [0.2, 0.25) is 10.0 Å². The lowest BCUT2D eigenvalue weighted by Crippen LogP contribution is -2.01. The molecule has 0 unspecified atom stereocenters. The van der Waals surface area contributed by atoms with Crippen LogP contribution in [0.4, 0.5) is 11.4 Å². The van der Waals surface area contributed by atoms with Crippen LogP contribution < -0.4 is 0 Å². The molecule has 2 aromatic rings. The second-order valence-electron chi connectivity index (χ2n) is 4.41. The van der Waals surface area contributed by atoms with Crippen molar-refractivity contribution >= 4 is 40.5 Å². The van der Waals surface area contributed by atoms with Gasteiger partial charge in [-0.3, -0.25) is 20.2 Å². The smallest absolute Gasteiger partial charge is 0.342 e. The number of carboxylic acid groups (broad SMARTS) is 1. The molecule has 0 spiro atoms. The van der Waals surface area contributed by atoms with Crippen LogP contribution in [0.5, 0.6) is 0 Å². The van der Waals surface area contributed by atoms with Crippen LogP contribution in [0, 0.1) is 27.2 Å². The van der Waals surface area contributed by atoms with Gasteiger partial charge >= 0.3 is 5.97 Å². The fourth-order valence-electron chi connectivity index (χ4n) is 1.62. The Labute approximate surface area is 145 Å². The van der Waals surface area contributed by atoms with Gasteiger partial charge < -0.3 is 5.11 Å². The summed E-state index contributed by atoms with van der Waals surface area (Å²) in [5.74, 6) is -1.34. The number of rotatable bonds is 3. The number of aryl methyl sites for hydroxylation is 1. The van der Waals surface area contributed by atoms with E-state index < -0.39 is 21.5 Å². The van der Waals surface area contributed by atoms with Gasteiger partial charge in [0.25, 0.3) is 11.4 Å². The third-order valence-corrected chi connectivity index (χ3v) is 3.22. The van der Waals surface area contributed by atoms with Gasteiger partial charge in [0.2, 0.25) is 0 Å². The molecule has 0 amide bonds. The van der Waals surface area contributed by atoms with E-state index in [4.69, 9.17) is 28.3 Å². The molecule has 0 bridgehead atoms. The molecule has 0 atom stereocenters. The minimum Gasteiger partial charge on any atom is -0.477 e. The molecule has 0 saturated heterocycles.